The number of sulfonamides is 1. The van der Waals surface area contributed by atoms with Gasteiger partial charge in [0, 0.05) is 25.6 Å². The zero-order valence-electron chi connectivity index (χ0n) is 13.6. The van der Waals surface area contributed by atoms with E-state index in [-0.39, 0.29) is 17.5 Å². The monoisotopic (exact) mass is 354 g/mol. The van der Waals surface area contributed by atoms with Crippen LogP contribution in [0.15, 0.2) is 23.1 Å². The molecule has 0 spiro atoms. The second-order valence-electron chi connectivity index (χ2n) is 6.07. The average Bonchev–Trinajstić information content (AvgIpc) is 2.98. The zero-order chi connectivity index (χ0) is 17.3. The average molecular weight is 354 g/mol. The minimum atomic E-state index is -3.55. The third-order valence-corrected chi connectivity index (χ3v) is 6.29. The maximum absolute atomic E-state index is 12.8. The molecule has 1 aromatic carbocycles. The van der Waals surface area contributed by atoms with E-state index in [2.05, 4.69) is 0 Å². The Kier molecular flexibility index (Phi) is 4.80. The van der Waals surface area contributed by atoms with E-state index in [1.54, 1.807) is 19.1 Å². The lowest BCUT2D eigenvalue weighted by molar-refractivity contribution is -0.150. The highest BCUT2D eigenvalue weighted by atomic mass is 32.2. The molecule has 0 radical (unpaired) electrons. The van der Waals surface area contributed by atoms with Gasteiger partial charge in [-0.25, -0.2) is 13.2 Å². The first-order valence-corrected chi connectivity index (χ1v) is 9.57. The van der Waals surface area contributed by atoms with Crippen molar-refractivity contribution in [1.82, 2.24) is 4.31 Å². The summed E-state index contributed by atoms with van der Waals surface area (Å²) in [4.78, 5) is 12.0. The van der Waals surface area contributed by atoms with Gasteiger partial charge in [-0.2, -0.15) is 4.31 Å². The van der Waals surface area contributed by atoms with Crippen LogP contribution in [0.5, 0.6) is 5.75 Å². The summed E-state index contributed by atoms with van der Waals surface area (Å²) in [5.41, 5.74) is 6.55. The molecule has 0 bridgehead atoms. The molecular formula is C16H22N2O5S. The molecule has 3 rings (SSSR count). The van der Waals surface area contributed by atoms with Crippen LogP contribution in [-0.2, 0) is 26.0 Å². The summed E-state index contributed by atoms with van der Waals surface area (Å²) < 4.78 is 37.5. The first kappa shape index (κ1) is 17.2. The van der Waals surface area contributed by atoms with E-state index in [0.717, 1.165) is 0 Å². The Bertz CT molecular complexity index is 726. The Morgan fingerprint density at radius 3 is 2.75 bits per heavy atom. The van der Waals surface area contributed by atoms with Gasteiger partial charge in [0.2, 0.25) is 10.0 Å². The second-order valence-corrected chi connectivity index (χ2v) is 8.01. The normalized spacial score (nSPS) is 22.0. The molecule has 1 saturated heterocycles. The molecule has 0 amide bonds. The fourth-order valence-corrected chi connectivity index (χ4v) is 4.54. The minimum Gasteiger partial charge on any atom is -0.478 e. The fraction of sp³-hybridized carbons (Fsp3) is 0.562. The van der Waals surface area contributed by atoms with Gasteiger partial charge in [0.25, 0.3) is 0 Å². The number of fused-ring (bicyclic) bond motifs is 1. The molecule has 7 nitrogen and oxygen atoms in total. The largest absolute Gasteiger partial charge is 0.478 e. The Morgan fingerprint density at radius 1 is 1.38 bits per heavy atom. The molecule has 0 aliphatic carbocycles. The summed E-state index contributed by atoms with van der Waals surface area (Å²) in [6.07, 6.45) is 0.949. The van der Waals surface area contributed by atoms with Gasteiger partial charge >= 0.3 is 5.97 Å². The van der Waals surface area contributed by atoms with Crippen molar-refractivity contribution < 1.29 is 22.7 Å². The lowest BCUT2D eigenvalue weighted by atomic mass is 10.1. The number of rotatable bonds is 4. The lowest BCUT2D eigenvalue weighted by Gasteiger charge is -2.29. The fourth-order valence-electron chi connectivity index (χ4n) is 3.02. The predicted octanol–water partition coefficient (Wildman–Crippen LogP) is 0.665. The highest BCUT2D eigenvalue weighted by molar-refractivity contribution is 7.89. The minimum absolute atomic E-state index is 0.0650. The molecule has 1 fully saturated rings. The molecule has 0 aromatic heterocycles. The number of carbonyl (C=O) groups excluding carboxylic acids is 1. The standard InChI is InChI=1S/C16H22N2O5S/c1-2-22-16(19)15-10-11-9-13(3-4-14(11)23-15)24(20,21)18-7-5-12(17)6-8-18/h3-4,9,12,15H,2,5-8,10,17H2,1H3. The first-order valence-electron chi connectivity index (χ1n) is 8.13. The van der Waals surface area contributed by atoms with Crippen molar-refractivity contribution in [3.05, 3.63) is 23.8 Å². The Balaban J connectivity index is 1.78. The lowest BCUT2D eigenvalue weighted by Crippen LogP contribution is -2.42. The van der Waals surface area contributed by atoms with Crippen LogP contribution in [-0.4, -0.2) is 50.5 Å². The van der Waals surface area contributed by atoms with Crippen LogP contribution < -0.4 is 10.5 Å². The highest BCUT2D eigenvalue weighted by Crippen LogP contribution is 2.32. The molecule has 2 heterocycles. The third-order valence-electron chi connectivity index (χ3n) is 4.39. The van der Waals surface area contributed by atoms with E-state index in [1.807, 2.05) is 0 Å². The molecule has 8 heteroatoms. The van der Waals surface area contributed by atoms with Gasteiger partial charge in [-0.05, 0) is 43.5 Å². The van der Waals surface area contributed by atoms with Crippen LogP contribution in [0.1, 0.15) is 25.3 Å². The van der Waals surface area contributed by atoms with Crippen LogP contribution in [0.4, 0.5) is 0 Å². The number of nitrogens with zero attached hydrogens (tertiary/aromatic N) is 1. The smallest absolute Gasteiger partial charge is 0.347 e. The predicted molar refractivity (Wildman–Crippen MR) is 87.2 cm³/mol. The number of hydrogen-bond acceptors (Lipinski definition) is 6. The molecular weight excluding hydrogens is 332 g/mol. The van der Waals surface area contributed by atoms with Crippen molar-refractivity contribution in [3.8, 4) is 5.75 Å². The molecule has 132 valence electrons. The summed E-state index contributed by atoms with van der Waals surface area (Å²) in [6.45, 7) is 2.88. The van der Waals surface area contributed by atoms with Crippen molar-refractivity contribution >= 4 is 16.0 Å². The van der Waals surface area contributed by atoms with Gasteiger partial charge in [-0.1, -0.05) is 0 Å². The molecule has 1 unspecified atom stereocenters. The zero-order valence-corrected chi connectivity index (χ0v) is 14.4. The Labute approximate surface area is 141 Å². The summed E-state index contributed by atoms with van der Waals surface area (Å²) in [5, 5.41) is 0. The van der Waals surface area contributed by atoms with Crippen molar-refractivity contribution in [2.75, 3.05) is 19.7 Å². The maximum atomic E-state index is 12.8. The van der Waals surface area contributed by atoms with E-state index in [9.17, 15) is 13.2 Å². The number of carbonyl (C=O) groups is 1. The van der Waals surface area contributed by atoms with Crippen LogP contribution in [0.3, 0.4) is 0 Å². The molecule has 1 aromatic rings. The number of ether oxygens (including phenoxy) is 2. The quantitative estimate of drug-likeness (QED) is 0.798. The van der Waals surface area contributed by atoms with Gasteiger partial charge < -0.3 is 15.2 Å². The van der Waals surface area contributed by atoms with E-state index in [1.165, 1.54) is 10.4 Å². The van der Waals surface area contributed by atoms with Crippen LogP contribution >= 0.6 is 0 Å². The van der Waals surface area contributed by atoms with E-state index in [4.69, 9.17) is 15.2 Å². The number of benzene rings is 1. The Hall–Kier alpha value is -1.64. The van der Waals surface area contributed by atoms with E-state index in [0.29, 0.717) is 43.7 Å². The summed E-state index contributed by atoms with van der Waals surface area (Å²) >= 11 is 0. The number of esters is 1. The molecule has 2 N–H and O–H groups in total. The summed E-state index contributed by atoms with van der Waals surface area (Å²) in [5.74, 6) is 0.107. The van der Waals surface area contributed by atoms with Gasteiger partial charge in [-0.3, -0.25) is 0 Å². The van der Waals surface area contributed by atoms with E-state index >= 15 is 0 Å². The Morgan fingerprint density at radius 2 is 2.08 bits per heavy atom. The van der Waals surface area contributed by atoms with Crippen LogP contribution in [0, 0.1) is 0 Å². The van der Waals surface area contributed by atoms with Gasteiger partial charge in [0.1, 0.15) is 5.75 Å². The number of hydrogen-bond donors (Lipinski definition) is 1. The molecule has 1 atom stereocenters. The first-order chi connectivity index (χ1) is 11.4. The van der Waals surface area contributed by atoms with Crippen molar-refractivity contribution in [3.63, 3.8) is 0 Å². The second kappa shape index (κ2) is 6.70. The van der Waals surface area contributed by atoms with Crippen molar-refractivity contribution in [1.29, 1.82) is 0 Å². The molecule has 2 aliphatic heterocycles. The number of nitrogens with two attached hydrogens (primary N) is 1. The molecule has 2 aliphatic rings. The number of piperidine rings is 1. The summed E-state index contributed by atoms with van der Waals surface area (Å²) in [6, 6.07) is 4.79. The van der Waals surface area contributed by atoms with Crippen molar-refractivity contribution in [2.24, 2.45) is 5.73 Å². The van der Waals surface area contributed by atoms with Gasteiger partial charge in [0.05, 0.1) is 11.5 Å². The van der Waals surface area contributed by atoms with Crippen molar-refractivity contribution in [2.45, 2.75) is 43.2 Å². The summed E-state index contributed by atoms with van der Waals surface area (Å²) in [7, 11) is -3.55. The maximum Gasteiger partial charge on any atom is 0.347 e. The molecule has 24 heavy (non-hydrogen) atoms. The van der Waals surface area contributed by atoms with Crippen LogP contribution in [0.2, 0.25) is 0 Å². The molecule has 0 saturated carbocycles. The van der Waals surface area contributed by atoms with E-state index < -0.39 is 22.1 Å². The van der Waals surface area contributed by atoms with Gasteiger partial charge in [0.15, 0.2) is 6.10 Å². The van der Waals surface area contributed by atoms with Gasteiger partial charge in [-0.15, -0.1) is 0 Å². The third kappa shape index (κ3) is 3.26. The van der Waals surface area contributed by atoms with Crippen LogP contribution in [0.25, 0.3) is 0 Å². The highest BCUT2D eigenvalue weighted by Gasteiger charge is 2.33. The topological polar surface area (TPSA) is 98.9 Å². The SMILES string of the molecule is CCOC(=O)C1Cc2cc(S(=O)(=O)N3CCC(N)CC3)ccc2O1.